The third-order valence-corrected chi connectivity index (χ3v) is 4.96. The van der Waals surface area contributed by atoms with Gasteiger partial charge < -0.3 is 21.3 Å². The van der Waals surface area contributed by atoms with Crippen LogP contribution in [0.4, 0.5) is 22.9 Å². The van der Waals surface area contributed by atoms with E-state index in [2.05, 4.69) is 15.7 Å². The molecule has 0 atom stereocenters. The lowest BCUT2D eigenvalue weighted by molar-refractivity contribution is 0.0822. The van der Waals surface area contributed by atoms with Gasteiger partial charge in [-0.15, -0.1) is 0 Å². The number of aromatic nitrogens is 4. The lowest BCUT2D eigenvalue weighted by Gasteiger charge is -2.17. The van der Waals surface area contributed by atoms with E-state index in [4.69, 9.17) is 5.73 Å². The molecule has 1 aromatic carbocycles. The van der Waals surface area contributed by atoms with Crippen LogP contribution in [0, 0.1) is 0 Å². The second-order valence-electron chi connectivity index (χ2n) is 7.31. The van der Waals surface area contributed by atoms with Crippen molar-refractivity contribution in [2.24, 2.45) is 21.1 Å². The highest BCUT2D eigenvalue weighted by Gasteiger charge is 2.24. The Morgan fingerprint density at radius 1 is 1.03 bits per heavy atom. The van der Waals surface area contributed by atoms with E-state index in [0.717, 1.165) is 5.56 Å². The van der Waals surface area contributed by atoms with Gasteiger partial charge in [0.1, 0.15) is 17.1 Å². The summed E-state index contributed by atoms with van der Waals surface area (Å²) >= 11 is 0. The number of benzene rings is 1. The van der Waals surface area contributed by atoms with Crippen LogP contribution in [0.3, 0.4) is 0 Å². The van der Waals surface area contributed by atoms with Crippen molar-refractivity contribution in [3.05, 3.63) is 62.3 Å². The van der Waals surface area contributed by atoms with Crippen molar-refractivity contribution in [1.29, 1.82) is 0 Å². The fourth-order valence-corrected chi connectivity index (χ4v) is 3.05. The van der Waals surface area contributed by atoms with Crippen molar-refractivity contribution in [2.75, 3.05) is 30.5 Å². The van der Waals surface area contributed by atoms with E-state index in [9.17, 15) is 14.4 Å². The van der Waals surface area contributed by atoms with E-state index in [1.807, 2.05) is 30.3 Å². The average molecular weight is 426 g/mol. The van der Waals surface area contributed by atoms with Crippen LogP contribution >= 0.6 is 0 Å². The Kier molecular flexibility index (Phi) is 5.86. The molecule has 31 heavy (non-hydrogen) atoms. The number of nitrogen functional groups attached to an aromatic ring is 1. The smallest absolute Gasteiger partial charge is 0.291 e. The van der Waals surface area contributed by atoms with E-state index < -0.39 is 11.1 Å². The molecular formula is C20H26N8O3. The molecule has 0 radical (unpaired) electrons. The number of hydrogen-bond donors (Lipinski definition) is 3. The molecule has 0 saturated carbocycles. The first kappa shape index (κ1) is 21.7. The van der Waals surface area contributed by atoms with E-state index in [-0.39, 0.29) is 34.5 Å². The predicted octanol–water partition coefficient (Wildman–Crippen LogP) is 0.457. The zero-order valence-electron chi connectivity index (χ0n) is 18.1. The third-order valence-electron chi connectivity index (χ3n) is 4.96. The van der Waals surface area contributed by atoms with Crippen molar-refractivity contribution < 1.29 is 4.79 Å². The number of nitrogens with two attached hydrogens (primary N) is 1. The number of carbonyl (C=O) groups excluding carboxylic acids is 1. The van der Waals surface area contributed by atoms with Gasteiger partial charge in [-0.3, -0.25) is 14.4 Å². The highest BCUT2D eigenvalue weighted by atomic mass is 16.2. The van der Waals surface area contributed by atoms with Gasteiger partial charge >= 0.3 is 0 Å². The molecule has 0 spiro atoms. The lowest BCUT2D eigenvalue weighted by Crippen LogP contribution is -2.38. The van der Waals surface area contributed by atoms with Gasteiger partial charge in [-0.05, 0) is 5.56 Å². The van der Waals surface area contributed by atoms with Crippen molar-refractivity contribution in [3.63, 3.8) is 0 Å². The predicted molar refractivity (Wildman–Crippen MR) is 120 cm³/mol. The number of hydrogen-bond acceptors (Lipinski definition) is 7. The Morgan fingerprint density at radius 3 is 2.19 bits per heavy atom. The van der Waals surface area contributed by atoms with Crippen LogP contribution in [0.15, 0.2) is 39.9 Å². The third kappa shape index (κ3) is 4.02. The minimum Gasteiger partial charge on any atom is -0.394 e. The van der Waals surface area contributed by atoms with Crippen LogP contribution in [0.1, 0.15) is 16.1 Å². The molecule has 0 fully saturated rings. The van der Waals surface area contributed by atoms with Gasteiger partial charge in [-0.2, -0.15) is 5.10 Å². The summed E-state index contributed by atoms with van der Waals surface area (Å²) in [5, 5.41) is 10.2. The van der Waals surface area contributed by atoms with E-state index in [1.54, 1.807) is 21.1 Å². The SMILES string of the molecule is CN(C)C(=O)c1nn(C)c(Nc2c(NCc3ccccc3)c(=O)n(C)n(C)c2=O)c1N. The van der Waals surface area contributed by atoms with E-state index in [0.29, 0.717) is 6.54 Å². The molecule has 0 aliphatic heterocycles. The monoisotopic (exact) mass is 426 g/mol. The topological polar surface area (TPSA) is 132 Å². The maximum atomic E-state index is 13.0. The minimum atomic E-state index is -0.446. The second kappa shape index (κ2) is 8.38. The highest BCUT2D eigenvalue weighted by Crippen LogP contribution is 2.27. The maximum Gasteiger partial charge on any atom is 0.291 e. The van der Waals surface area contributed by atoms with Gasteiger partial charge in [0.05, 0.1) is 0 Å². The quantitative estimate of drug-likeness (QED) is 0.521. The largest absolute Gasteiger partial charge is 0.394 e. The molecule has 0 saturated heterocycles. The van der Waals surface area contributed by atoms with E-state index in [1.165, 1.54) is 33.0 Å². The summed E-state index contributed by atoms with van der Waals surface area (Å²) < 4.78 is 3.77. The summed E-state index contributed by atoms with van der Waals surface area (Å²) in [6, 6.07) is 9.48. The molecule has 11 nitrogen and oxygen atoms in total. The number of nitrogens with one attached hydrogen (secondary N) is 2. The second-order valence-corrected chi connectivity index (χ2v) is 7.31. The Labute approximate surface area is 178 Å². The Morgan fingerprint density at radius 2 is 1.61 bits per heavy atom. The Hall–Kier alpha value is -4.02. The van der Waals surface area contributed by atoms with Crippen LogP contribution in [0.5, 0.6) is 0 Å². The number of rotatable bonds is 6. The van der Waals surface area contributed by atoms with E-state index >= 15 is 0 Å². The summed E-state index contributed by atoms with van der Waals surface area (Å²) in [5.74, 6) is -0.140. The summed E-state index contributed by atoms with van der Waals surface area (Å²) in [4.78, 5) is 39.6. The van der Waals surface area contributed by atoms with Gasteiger partial charge in [-0.1, -0.05) is 30.3 Å². The van der Waals surface area contributed by atoms with Crippen molar-refractivity contribution >= 4 is 28.8 Å². The molecule has 1 amide bonds. The summed E-state index contributed by atoms with van der Waals surface area (Å²) in [6.07, 6.45) is 0. The first-order chi connectivity index (χ1) is 14.6. The van der Waals surface area contributed by atoms with Crippen LogP contribution in [-0.2, 0) is 27.7 Å². The average Bonchev–Trinajstić information content (AvgIpc) is 3.03. The van der Waals surface area contributed by atoms with Crippen LogP contribution in [-0.4, -0.2) is 44.0 Å². The van der Waals surface area contributed by atoms with Gasteiger partial charge in [-0.25, -0.2) is 14.0 Å². The summed E-state index contributed by atoms with van der Waals surface area (Å²) in [5.41, 5.74) is 6.49. The van der Waals surface area contributed by atoms with Gasteiger partial charge in [0.2, 0.25) is 0 Å². The summed E-state index contributed by atoms with van der Waals surface area (Å²) in [6.45, 7) is 0.336. The first-order valence-corrected chi connectivity index (χ1v) is 9.52. The molecule has 2 heterocycles. The molecule has 0 aliphatic rings. The molecule has 3 rings (SSSR count). The normalized spacial score (nSPS) is 10.7. The van der Waals surface area contributed by atoms with Gasteiger partial charge in [0, 0.05) is 41.8 Å². The molecule has 164 valence electrons. The van der Waals surface area contributed by atoms with Crippen molar-refractivity contribution in [2.45, 2.75) is 6.54 Å². The first-order valence-electron chi connectivity index (χ1n) is 9.52. The zero-order chi connectivity index (χ0) is 22.9. The number of anilines is 4. The van der Waals surface area contributed by atoms with Gasteiger partial charge in [0.15, 0.2) is 11.5 Å². The number of nitrogens with zero attached hydrogens (tertiary/aromatic N) is 5. The molecular weight excluding hydrogens is 400 g/mol. The van der Waals surface area contributed by atoms with Crippen LogP contribution < -0.4 is 27.5 Å². The number of amides is 1. The number of aryl methyl sites for hydroxylation is 1. The van der Waals surface area contributed by atoms with Crippen molar-refractivity contribution in [3.8, 4) is 0 Å². The highest BCUT2D eigenvalue weighted by molar-refractivity contribution is 6.00. The number of carbonyl (C=O) groups is 1. The summed E-state index contributed by atoms with van der Waals surface area (Å²) in [7, 11) is 7.77. The molecule has 4 N–H and O–H groups in total. The molecule has 11 heteroatoms. The molecule has 0 bridgehead atoms. The molecule has 3 aromatic rings. The Bertz CT molecular complexity index is 1240. The lowest BCUT2D eigenvalue weighted by atomic mass is 10.2. The maximum absolute atomic E-state index is 13.0. The molecule has 2 aromatic heterocycles. The minimum absolute atomic E-state index is 0.0140. The van der Waals surface area contributed by atoms with Crippen molar-refractivity contribution in [1.82, 2.24) is 24.0 Å². The zero-order valence-corrected chi connectivity index (χ0v) is 18.1. The fourth-order valence-electron chi connectivity index (χ4n) is 3.05. The fraction of sp³-hybridized carbons (Fsp3) is 0.300. The van der Waals surface area contributed by atoms with Crippen LogP contribution in [0.25, 0.3) is 0 Å². The Balaban J connectivity index is 2.08. The standard InChI is InChI=1S/C20H26N8O3/c1-25(2)18(29)14-13(21)17(26(3)24-14)23-16-15(19(30)27(4)28(5)20(16)31)22-11-12-9-7-6-8-10-12/h6-10,22-23H,11,21H2,1-5H3. The van der Waals surface area contributed by atoms with Crippen LogP contribution in [0.2, 0.25) is 0 Å². The molecule has 0 aliphatic carbocycles. The van der Waals surface area contributed by atoms with Gasteiger partial charge in [0.25, 0.3) is 17.0 Å². The molecule has 0 unspecified atom stereocenters.